The Kier molecular flexibility index (Phi) is 3.19. The molecule has 0 aliphatic heterocycles. The number of hydrogen-bond donors (Lipinski definition) is 1. The summed E-state index contributed by atoms with van der Waals surface area (Å²) in [6.45, 7) is 1.89. The molecule has 0 spiro atoms. The van der Waals surface area contributed by atoms with E-state index in [1.165, 1.54) is 6.08 Å². The summed E-state index contributed by atoms with van der Waals surface area (Å²) in [5, 5.41) is 17.3. The first-order valence-corrected chi connectivity index (χ1v) is 6.25. The van der Waals surface area contributed by atoms with Gasteiger partial charge in [-0.1, -0.05) is 18.2 Å². The molecule has 3 aromatic rings. The Morgan fingerprint density at radius 2 is 2.10 bits per heavy atom. The van der Waals surface area contributed by atoms with Gasteiger partial charge in [0.1, 0.15) is 0 Å². The molecule has 0 saturated carbocycles. The number of carbonyl (C=O) groups is 1. The maximum Gasteiger partial charge on any atom is 0.328 e. The van der Waals surface area contributed by atoms with Gasteiger partial charge in [-0.25, -0.2) is 4.79 Å². The number of hydrogen-bond acceptors (Lipinski definition) is 5. The number of para-hydroxylation sites is 1. The first-order chi connectivity index (χ1) is 10.1. The number of pyridine rings is 1. The highest BCUT2D eigenvalue weighted by Crippen LogP contribution is 2.27. The van der Waals surface area contributed by atoms with Crippen LogP contribution in [0.2, 0.25) is 0 Å². The number of aliphatic carboxylic acids is 1. The molecular weight excluding hydrogens is 270 g/mol. The molecule has 0 unspecified atom stereocenters. The van der Waals surface area contributed by atoms with Gasteiger partial charge in [-0.2, -0.15) is 0 Å². The predicted octanol–water partition coefficient (Wildman–Crippen LogP) is 2.69. The van der Waals surface area contributed by atoms with E-state index in [9.17, 15) is 4.79 Å². The number of carboxylic acid groups (broad SMARTS) is 1. The number of fused-ring (bicyclic) bond motifs is 1. The normalized spacial score (nSPS) is 11.3. The summed E-state index contributed by atoms with van der Waals surface area (Å²) >= 11 is 0. The molecule has 2 aromatic heterocycles. The van der Waals surface area contributed by atoms with E-state index in [0.29, 0.717) is 5.89 Å². The second-order valence-electron chi connectivity index (χ2n) is 4.45. The lowest BCUT2D eigenvalue weighted by atomic mass is 10.1. The monoisotopic (exact) mass is 281 g/mol. The first-order valence-electron chi connectivity index (χ1n) is 6.25. The minimum atomic E-state index is -1.07. The Labute approximate surface area is 119 Å². The Bertz CT molecular complexity index is 852. The Balaban J connectivity index is 2.10. The summed E-state index contributed by atoms with van der Waals surface area (Å²) in [4.78, 5) is 14.9. The smallest absolute Gasteiger partial charge is 0.328 e. The molecule has 6 nitrogen and oxygen atoms in total. The highest BCUT2D eigenvalue weighted by atomic mass is 16.4. The zero-order valence-electron chi connectivity index (χ0n) is 11.1. The van der Waals surface area contributed by atoms with Crippen molar-refractivity contribution in [3.8, 4) is 11.5 Å². The van der Waals surface area contributed by atoms with Gasteiger partial charge in [0.25, 0.3) is 0 Å². The molecule has 1 aromatic carbocycles. The topological polar surface area (TPSA) is 89.1 Å². The molecule has 21 heavy (non-hydrogen) atoms. The minimum absolute atomic E-state index is 0.144. The van der Waals surface area contributed by atoms with Crippen molar-refractivity contribution >= 4 is 22.9 Å². The molecule has 0 aliphatic carbocycles. The number of rotatable bonds is 3. The molecule has 0 radical (unpaired) electrons. The van der Waals surface area contributed by atoms with Gasteiger partial charge in [0.2, 0.25) is 11.8 Å². The average molecular weight is 281 g/mol. The molecule has 3 rings (SSSR count). The second-order valence-corrected chi connectivity index (χ2v) is 4.45. The first kappa shape index (κ1) is 13.0. The van der Waals surface area contributed by atoms with Crippen LogP contribution in [0.3, 0.4) is 0 Å². The van der Waals surface area contributed by atoms with Crippen LogP contribution in [0, 0.1) is 6.92 Å². The third-order valence-corrected chi connectivity index (χ3v) is 2.88. The van der Waals surface area contributed by atoms with Crippen LogP contribution in [-0.2, 0) is 4.79 Å². The van der Waals surface area contributed by atoms with Crippen LogP contribution >= 0.6 is 0 Å². The molecule has 6 heteroatoms. The van der Waals surface area contributed by atoms with Crippen LogP contribution in [0.4, 0.5) is 0 Å². The molecule has 0 fully saturated rings. The summed E-state index contributed by atoms with van der Waals surface area (Å²) in [5.41, 5.74) is 2.46. The summed E-state index contributed by atoms with van der Waals surface area (Å²) in [6.07, 6.45) is 2.21. The number of aryl methyl sites for hydroxylation is 1. The minimum Gasteiger partial charge on any atom is -0.478 e. The van der Waals surface area contributed by atoms with Gasteiger partial charge >= 0.3 is 5.97 Å². The Morgan fingerprint density at radius 1 is 1.29 bits per heavy atom. The highest BCUT2D eigenvalue weighted by molar-refractivity contribution is 5.92. The third kappa shape index (κ3) is 2.64. The van der Waals surface area contributed by atoms with E-state index in [2.05, 4.69) is 15.2 Å². The largest absolute Gasteiger partial charge is 0.478 e. The van der Waals surface area contributed by atoms with Gasteiger partial charge < -0.3 is 9.52 Å². The van der Waals surface area contributed by atoms with Gasteiger partial charge in [0, 0.05) is 23.2 Å². The zero-order valence-corrected chi connectivity index (χ0v) is 11.1. The molecule has 0 bridgehead atoms. The predicted molar refractivity (Wildman–Crippen MR) is 76.4 cm³/mol. The van der Waals surface area contributed by atoms with Crippen molar-refractivity contribution in [3.63, 3.8) is 0 Å². The van der Waals surface area contributed by atoms with Crippen molar-refractivity contribution in [3.05, 3.63) is 48.0 Å². The lowest BCUT2D eigenvalue weighted by Gasteiger charge is -2.03. The fourth-order valence-electron chi connectivity index (χ4n) is 2.04. The maximum atomic E-state index is 10.5. The van der Waals surface area contributed by atoms with Crippen LogP contribution < -0.4 is 0 Å². The lowest BCUT2D eigenvalue weighted by Crippen LogP contribution is -1.88. The Morgan fingerprint density at radius 3 is 2.90 bits per heavy atom. The number of benzene rings is 1. The molecule has 0 aliphatic rings. The van der Waals surface area contributed by atoms with Crippen LogP contribution in [0.15, 0.2) is 40.8 Å². The van der Waals surface area contributed by atoms with Gasteiger partial charge in [0.15, 0.2) is 0 Å². The van der Waals surface area contributed by atoms with Crippen LogP contribution in [0.5, 0.6) is 0 Å². The molecule has 0 amide bonds. The van der Waals surface area contributed by atoms with Gasteiger partial charge in [-0.15, -0.1) is 10.2 Å². The van der Waals surface area contributed by atoms with Gasteiger partial charge in [0.05, 0.1) is 11.1 Å². The fraction of sp³-hybridized carbons (Fsp3) is 0.0667. The van der Waals surface area contributed by atoms with Crippen molar-refractivity contribution in [2.24, 2.45) is 0 Å². The molecule has 0 atom stereocenters. The SMILES string of the molecule is Cc1cc(-c2nnc(/C=C/C(=O)O)o2)c2ccccc2n1. The van der Waals surface area contributed by atoms with E-state index >= 15 is 0 Å². The molecule has 2 heterocycles. The van der Waals surface area contributed by atoms with Crippen molar-refractivity contribution in [2.75, 3.05) is 0 Å². The van der Waals surface area contributed by atoms with Crippen molar-refractivity contribution in [2.45, 2.75) is 6.92 Å². The van der Waals surface area contributed by atoms with E-state index in [4.69, 9.17) is 9.52 Å². The molecular formula is C15H11N3O3. The standard InChI is InChI=1S/C15H11N3O3/c1-9-8-11(10-4-2-3-5-12(10)16-9)15-18-17-13(21-15)6-7-14(19)20/h2-8H,1H3,(H,19,20)/b7-6+. The van der Waals surface area contributed by atoms with E-state index in [1.54, 1.807) is 0 Å². The van der Waals surface area contributed by atoms with Crippen molar-refractivity contribution in [1.29, 1.82) is 0 Å². The molecule has 1 N–H and O–H groups in total. The van der Waals surface area contributed by atoms with E-state index in [-0.39, 0.29) is 5.89 Å². The van der Waals surface area contributed by atoms with E-state index in [0.717, 1.165) is 28.2 Å². The number of carboxylic acids is 1. The molecule has 104 valence electrons. The Hall–Kier alpha value is -3.02. The average Bonchev–Trinajstić information content (AvgIpc) is 2.93. The summed E-state index contributed by atoms with van der Waals surface area (Å²) in [6, 6.07) is 9.51. The van der Waals surface area contributed by atoms with Crippen molar-refractivity contribution < 1.29 is 14.3 Å². The van der Waals surface area contributed by atoms with E-state index < -0.39 is 5.97 Å². The number of aromatic nitrogens is 3. The van der Waals surface area contributed by atoms with Crippen LogP contribution in [-0.4, -0.2) is 26.3 Å². The van der Waals surface area contributed by atoms with Crippen LogP contribution in [0.25, 0.3) is 28.4 Å². The van der Waals surface area contributed by atoms with Crippen LogP contribution in [0.1, 0.15) is 11.6 Å². The highest BCUT2D eigenvalue weighted by Gasteiger charge is 2.12. The zero-order chi connectivity index (χ0) is 14.8. The maximum absolute atomic E-state index is 10.5. The van der Waals surface area contributed by atoms with Gasteiger partial charge in [-0.05, 0) is 19.1 Å². The summed E-state index contributed by atoms with van der Waals surface area (Å²) in [7, 11) is 0. The second kappa shape index (κ2) is 5.16. The van der Waals surface area contributed by atoms with E-state index in [1.807, 2.05) is 37.3 Å². The quantitative estimate of drug-likeness (QED) is 0.742. The van der Waals surface area contributed by atoms with Gasteiger partial charge in [-0.3, -0.25) is 4.98 Å². The van der Waals surface area contributed by atoms with Crippen molar-refractivity contribution in [1.82, 2.24) is 15.2 Å². The lowest BCUT2D eigenvalue weighted by molar-refractivity contribution is -0.131. The third-order valence-electron chi connectivity index (χ3n) is 2.88. The summed E-state index contributed by atoms with van der Waals surface area (Å²) in [5.74, 6) is -0.590. The molecule has 0 saturated heterocycles. The fourth-order valence-corrected chi connectivity index (χ4v) is 2.04. The number of nitrogens with zero attached hydrogens (tertiary/aromatic N) is 3. The summed E-state index contributed by atoms with van der Waals surface area (Å²) < 4.78 is 5.48.